The quantitative estimate of drug-likeness (QED) is 0.878. The summed E-state index contributed by atoms with van der Waals surface area (Å²) in [6.07, 6.45) is 1.63. The third-order valence-electron chi connectivity index (χ3n) is 2.31. The maximum atomic E-state index is 11.3. The van der Waals surface area contributed by atoms with E-state index in [1.54, 1.807) is 25.3 Å². The van der Waals surface area contributed by atoms with Gasteiger partial charge in [-0.25, -0.2) is 13.1 Å². The molecule has 0 aliphatic rings. The maximum Gasteiger partial charge on any atom is 0.209 e. The Balaban J connectivity index is 2.97. The lowest BCUT2D eigenvalue weighted by Gasteiger charge is -2.18. The standard InChI is InChI=1S/C11H15Cl2NO3S/c1-17-6-5-11(14-18(2,15)16)8-3-4-9(12)10(13)7-8/h3-4,7,11,14H,5-6H2,1-2H3/t11-/m0/s1. The van der Waals surface area contributed by atoms with Crippen LogP contribution in [-0.2, 0) is 14.8 Å². The molecule has 18 heavy (non-hydrogen) atoms. The van der Waals surface area contributed by atoms with Crippen molar-refractivity contribution in [2.75, 3.05) is 20.0 Å². The van der Waals surface area contributed by atoms with Gasteiger partial charge in [-0.05, 0) is 24.1 Å². The fraction of sp³-hybridized carbons (Fsp3) is 0.455. The number of benzene rings is 1. The first-order valence-electron chi connectivity index (χ1n) is 5.24. The Morgan fingerprint density at radius 1 is 1.33 bits per heavy atom. The topological polar surface area (TPSA) is 55.4 Å². The second-order valence-electron chi connectivity index (χ2n) is 3.90. The van der Waals surface area contributed by atoms with Gasteiger partial charge in [0, 0.05) is 19.8 Å². The molecule has 0 saturated heterocycles. The molecule has 1 rings (SSSR count). The fourth-order valence-electron chi connectivity index (χ4n) is 1.52. The van der Waals surface area contributed by atoms with Gasteiger partial charge in [-0.3, -0.25) is 0 Å². The Labute approximate surface area is 117 Å². The number of nitrogens with one attached hydrogen (secondary N) is 1. The molecule has 0 unspecified atom stereocenters. The highest BCUT2D eigenvalue weighted by molar-refractivity contribution is 7.88. The van der Waals surface area contributed by atoms with E-state index in [1.807, 2.05) is 0 Å². The average Bonchev–Trinajstić information content (AvgIpc) is 2.26. The molecule has 102 valence electrons. The zero-order valence-electron chi connectivity index (χ0n) is 10.1. The zero-order chi connectivity index (χ0) is 13.8. The Morgan fingerprint density at radius 3 is 2.50 bits per heavy atom. The van der Waals surface area contributed by atoms with Crippen LogP contribution in [0.25, 0.3) is 0 Å². The molecule has 0 fully saturated rings. The average molecular weight is 312 g/mol. The van der Waals surface area contributed by atoms with Gasteiger partial charge < -0.3 is 4.74 Å². The van der Waals surface area contributed by atoms with Crippen LogP contribution in [0.15, 0.2) is 18.2 Å². The fourth-order valence-corrected chi connectivity index (χ4v) is 2.59. The second-order valence-corrected chi connectivity index (χ2v) is 6.49. The molecule has 0 aliphatic carbocycles. The van der Waals surface area contributed by atoms with Crippen LogP contribution < -0.4 is 4.72 Å². The van der Waals surface area contributed by atoms with Gasteiger partial charge in [0.15, 0.2) is 0 Å². The number of hydrogen-bond donors (Lipinski definition) is 1. The van der Waals surface area contributed by atoms with Crippen molar-refractivity contribution >= 4 is 33.2 Å². The van der Waals surface area contributed by atoms with Gasteiger partial charge in [-0.1, -0.05) is 29.3 Å². The lowest BCUT2D eigenvalue weighted by atomic mass is 10.1. The van der Waals surface area contributed by atoms with Gasteiger partial charge in [-0.15, -0.1) is 0 Å². The van der Waals surface area contributed by atoms with Crippen molar-refractivity contribution in [3.05, 3.63) is 33.8 Å². The first-order chi connectivity index (χ1) is 8.33. The molecule has 4 nitrogen and oxygen atoms in total. The summed E-state index contributed by atoms with van der Waals surface area (Å²) in [5, 5.41) is 0.831. The molecule has 1 atom stereocenters. The molecule has 0 aromatic heterocycles. The third-order valence-corrected chi connectivity index (χ3v) is 3.76. The highest BCUT2D eigenvalue weighted by atomic mass is 35.5. The highest BCUT2D eigenvalue weighted by Crippen LogP contribution is 2.27. The van der Waals surface area contributed by atoms with E-state index >= 15 is 0 Å². The highest BCUT2D eigenvalue weighted by Gasteiger charge is 2.16. The summed E-state index contributed by atoms with van der Waals surface area (Å²) >= 11 is 11.8. The molecule has 0 amide bonds. The molecule has 0 aliphatic heterocycles. The van der Waals surface area contributed by atoms with Gasteiger partial charge in [0.2, 0.25) is 10.0 Å². The Morgan fingerprint density at radius 2 is 2.00 bits per heavy atom. The van der Waals surface area contributed by atoms with Crippen LogP contribution in [0.2, 0.25) is 10.0 Å². The van der Waals surface area contributed by atoms with E-state index in [9.17, 15) is 8.42 Å². The van der Waals surface area contributed by atoms with Crippen molar-refractivity contribution in [2.45, 2.75) is 12.5 Å². The van der Waals surface area contributed by atoms with Crippen molar-refractivity contribution in [1.82, 2.24) is 4.72 Å². The summed E-state index contributed by atoms with van der Waals surface area (Å²) in [6.45, 7) is 0.438. The van der Waals surface area contributed by atoms with Crippen LogP contribution in [0.4, 0.5) is 0 Å². The van der Waals surface area contributed by atoms with E-state index in [-0.39, 0.29) is 6.04 Å². The molecule has 0 radical (unpaired) electrons. The molecule has 7 heteroatoms. The summed E-state index contributed by atoms with van der Waals surface area (Å²) in [5.41, 5.74) is 0.756. The smallest absolute Gasteiger partial charge is 0.209 e. The Hall–Kier alpha value is -0.330. The third kappa shape index (κ3) is 5.12. The SMILES string of the molecule is COCC[C@H](NS(C)(=O)=O)c1ccc(Cl)c(Cl)c1. The number of sulfonamides is 1. The van der Waals surface area contributed by atoms with Crippen molar-refractivity contribution in [1.29, 1.82) is 0 Å². The Kier molecular flexibility index (Phi) is 5.88. The lowest BCUT2D eigenvalue weighted by molar-refractivity contribution is 0.186. The van der Waals surface area contributed by atoms with Crippen LogP contribution in [0, 0.1) is 0 Å². The molecule has 1 aromatic carbocycles. The van der Waals surface area contributed by atoms with Crippen molar-refractivity contribution in [3.8, 4) is 0 Å². The van der Waals surface area contributed by atoms with E-state index in [2.05, 4.69) is 4.72 Å². The molecule has 0 bridgehead atoms. The Bertz CT molecular complexity index is 505. The molecule has 0 spiro atoms. The number of methoxy groups -OCH3 is 1. The van der Waals surface area contributed by atoms with Gasteiger partial charge in [-0.2, -0.15) is 0 Å². The number of halogens is 2. The van der Waals surface area contributed by atoms with Crippen LogP contribution in [0.5, 0.6) is 0 Å². The normalized spacial score (nSPS) is 13.6. The van der Waals surface area contributed by atoms with E-state index in [0.29, 0.717) is 23.1 Å². The summed E-state index contributed by atoms with van der Waals surface area (Å²) in [5.74, 6) is 0. The summed E-state index contributed by atoms with van der Waals surface area (Å²) in [6, 6.07) is 4.66. The van der Waals surface area contributed by atoms with Gasteiger partial charge >= 0.3 is 0 Å². The molecule has 1 aromatic rings. The molecular weight excluding hydrogens is 297 g/mol. The van der Waals surface area contributed by atoms with Gasteiger partial charge in [0.05, 0.1) is 16.3 Å². The molecule has 0 heterocycles. The van der Waals surface area contributed by atoms with Crippen molar-refractivity contribution in [3.63, 3.8) is 0 Å². The van der Waals surface area contributed by atoms with E-state index in [1.165, 1.54) is 0 Å². The molecule has 1 N–H and O–H groups in total. The minimum Gasteiger partial charge on any atom is -0.385 e. The van der Waals surface area contributed by atoms with Crippen molar-refractivity contribution in [2.24, 2.45) is 0 Å². The minimum absolute atomic E-state index is 0.380. The number of hydrogen-bond acceptors (Lipinski definition) is 3. The number of rotatable bonds is 6. The van der Waals surface area contributed by atoms with E-state index < -0.39 is 10.0 Å². The lowest BCUT2D eigenvalue weighted by Crippen LogP contribution is -2.28. The first kappa shape index (κ1) is 15.7. The van der Waals surface area contributed by atoms with Crippen LogP contribution >= 0.6 is 23.2 Å². The second kappa shape index (κ2) is 6.73. The summed E-state index contributed by atoms with van der Waals surface area (Å²) in [7, 11) is -1.74. The number of ether oxygens (including phenoxy) is 1. The van der Waals surface area contributed by atoms with Crippen molar-refractivity contribution < 1.29 is 13.2 Å². The zero-order valence-corrected chi connectivity index (χ0v) is 12.4. The largest absolute Gasteiger partial charge is 0.385 e. The van der Waals surface area contributed by atoms with E-state index in [4.69, 9.17) is 27.9 Å². The summed E-state index contributed by atoms with van der Waals surface area (Å²) < 4.78 is 30.2. The predicted octanol–water partition coefficient (Wildman–Crippen LogP) is 2.62. The minimum atomic E-state index is -3.31. The van der Waals surface area contributed by atoms with Gasteiger partial charge in [0.1, 0.15) is 0 Å². The van der Waals surface area contributed by atoms with Gasteiger partial charge in [0.25, 0.3) is 0 Å². The monoisotopic (exact) mass is 311 g/mol. The molecular formula is C11H15Cl2NO3S. The molecule has 0 saturated carbocycles. The van der Waals surface area contributed by atoms with Crippen LogP contribution in [0.3, 0.4) is 0 Å². The predicted molar refractivity (Wildman–Crippen MR) is 73.7 cm³/mol. The maximum absolute atomic E-state index is 11.3. The van der Waals surface area contributed by atoms with E-state index in [0.717, 1.165) is 11.8 Å². The summed E-state index contributed by atoms with van der Waals surface area (Å²) in [4.78, 5) is 0. The van der Waals surface area contributed by atoms with Crippen LogP contribution in [-0.4, -0.2) is 28.4 Å². The first-order valence-corrected chi connectivity index (χ1v) is 7.89. The van der Waals surface area contributed by atoms with Crippen LogP contribution in [0.1, 0.15) is 18.0 Å².